The Hall–Kier alpha value is -1.83. The lowest BCUT2D eigenvalue weighted by atomic mass is 10.2. The van der Waals surface area contributed by atoms with E-state index in [2.05, 4.69) is 13.8 Å². The molecule has 2 aromatic carbocycles. The van der Waals surface area contributed by atoms with Crippen LogP contribution in [0.15, 0.2) is 52.3 Å². The zero-order valence-corrected chi connectivity index (χ0v) is 22.4. The smallest absolute Gasteiger partial charge is 0.336 e. The van der Waals surface area contributed by atoms with Gasteiger partial charge in [0.05, 0.1) is 10.5 Å². The Labute approximate surface area is 210 Å². The van der Waals surface area contributed by atoms with Crippen LogP contribution in [0.2, 0.25) is 0 Å². The van der Waals surface area contributed by atoms with Crippen LogP contribution < -0.4 is 0 Å². The van der Waals surface area contributed by atoms with Crippen LogP contribution in [0.25, 0.3) is 0 Å². The van der Waals surface area contributed by atoms with Gasteiger partial charge in [-0.1, -0.05) is 82.2 Å². The van der Waals surface area contributed by atoms with Crippen LogP contribution in [0.4, 0.5) is 0 Å². The molecule has 0 saturated carbocycles. The van der Waals surface area contributed by atoms with Crippen molar-refractivity contribution in [3.05, 3.63) is 59.2 Å². The second-order valence-electron chi connectivity index (χ2n) is 8.76. The van der Waals surface area contributed by atoms with Gasteiger partial charge in [-0.05, 0) is 43.5 Å². The summed E-state index contributed by atoms with van der Waals surface area (Å²) in [6, 6.07) is 12.5. The first-order chi connectivity index (χ1) is 16.3. The molecule has 0 saturated heterocycles. The molecule has 0 aliphatic heterocycles. The molecule has 2 rings (SSSR count). The van der Waals surface area contributed by atoms with Crippen molar-refractivity contribution in [1.82, 2.24) is 4.31 Å². The summed E-state index contributed by atoms with van der Waals surface area (Å²) in [5, 5.41) is 9.66. The highest BCUT2D eigenvalue weighted by atomic mass is 32.2. The standard InChI is InChI=1S/C27H39NO4S2/c1-4-6-8-10-18-28(19-11-9-7-5-2)34(31,32)24-16-17-25(27(29)30)26(20-24)33-21-23-14-12-22(3)13-15-23/h12-17,20H,4-11,18-19,21H2,1-3H3,(H,29,30). The van der Waals surface area contributed by atoms with Gasteiger partial charge in [-0.3, -0.25) is 0 Å². The number of rotatable bonds is 16. The molecule has 2 aromatic rings. The Morgan fingerprint density at radius 2 is 1.47 bits per heavy atom. The van der Waals surface area contributed by atoms with Crippen LogP contribution in [0, 0.1) is 6.92 Å². The fourth-order valence-electron chi connectivity index (χ4n) is 3.74. The van der Waals surface area contributed by atoms with Crippen molar-refractivity contribution in [3.8, 4) is 0 Å². The van der Waals surface area contributed by atoms with Gasteiger partial charge >= 0.3 is 5.97 Å². The highest BCUT2D eigenvalue weighted by Crippen LogP contribution is 2.30. The minimum Gasteiger partial charge on any atom is -0.478 e. The molecule has 5 nitrogen and oxygen atoms in total. The Morgan fingerprint density at radius 3 is 2.00 bits per heavy atom. The molecule has 0 bridgehead atoms. The first-order valence-electron chi connectivity index (χ1n) is 12.4. The van der Waals surface area contributed by atoms with E-state index in [-0.39, 0.29) is 10.5 Å². The van der Waals surface area contributed by atoms with Gasteiger partial charge in [-0.15, -0.1) is 11.8 Å². The molecular formula is C27H39NO4S2. The zero-order chi connectivity index (χ0) is 25.0. The van der Waals surface area contributed by atoms with Crippen molar-refractivity contribution in [3.63, 3.8) is 0 Å². The fourth-order valence-corrected chi connectivity index (χ4v) is 6.39. The normalized spacial score (nSPS) is 11.8. The number of sulfonamides is 1. The number of nitrogens with zero attached hydrogens (tertiary/aromatic N) is 1. The number of aryl methyl sites for hydroxylation is 1. The van der Waals surface area contributed by atoms with E-state index in [1.165, 1.54) is 23.9 Å². The lowest BCUT2D eigenvalue weighted by molar-refractivity contribution is 0.0693. The number of carboxylic acid groups (broad SMARTS) is 1. The van der Waals surface area contributed by atoms with Crippen LogP contribution in [0.1, 0.15) is 86.7 Å². The average molecular weight is 506 g/mol. The third-order valence-corrected chi connectivity index (χ3v) is 8.88. The molecule has 0 aromatic heterocycles. The molecule has 0 spiro atoms. The van der Waals surface area contributed by atoms with Crippen molar-refractivity contribution >= 4 is 27.8 Å². The molecule has 0 heterocycles. The monoisotopic (exact) mass is 505 g/mol. The molecule has 0 radical (unpaired) electrons. The van der Waals surface area contributed by atoms with Crippen molar-refractivity contribution < 1.29 is 18.3 Å². The van der Waals surface area contributed by atoms with Gasteiger partial charge in [-0.2, -0.15) is 4.31 Å². The number of unbranched alkanes of at least 4 members (excludes halogenated alkanes) is 6. The summed E-state index contributed by atoms with van der Waals surface area (Å²) in [5.74, 6) is -0.478. The first-order valence-corrected chi connectivity index (χ1v) is 14.8. The number of hydrogen-bond donors (Lipinski definition) is 1. The minimum absolute atomic E-state index is 0.133. The first kappa shape index (κ1) is 28.4. The van der Waals surface area contributed by atoms with Gasteiger partial charge in [0, 0.05) is 23.7 Å². The van der Waals surface area contributed by atoms with E-state index in [0.717, 1.165) is 62.5 Å². The van der Waals surface area contributed by atoms with Crippen LogP contribution in [-0.2, 0) is 15.8 Å². The lowest BCUT2D eigenvalue weighted by Gasteiger charge is -2.23. The third kappa shape index (κ3) is 8.75. The molecule has 34 heavy (non-hydrogen) atoms. The molecule has 7 heteroatoms. The van der Waals surface area contributed by atoms with Crippen molar-refractivity contribution in [2.75, 3.05) is 13.1 Å². The topological polar surface area (TPSA) is 74.7 Å². The van der Waals surface area contributed by atoms with E-state index >= 15 is 0 Å². The second kappa shape index (κ2) is 14.5. The maximum atomic E-state index is 13.6. The number of aromatic carboxylic acids is 1. The van der Waals surface area contributed by atoms with E-state index in [0.29, 0.717) is 23.7 Å². The number of benzene rings is 2. The fraction of sp³-hybridized carbons (Fsp3) is 0.519. The quantitative estimate of drug-likeness (QED) is 0.194. The average Bonchev–Trinajstić information content (AvgIpc) is 2.82. The summed E-state index contributed by atoms with van der Waals surface area (Å²) in [4.78, 5) is 12.5. The molecule has 0 amide bonds. The largest absolute Gasteiger partial charge is 0.478 e. The summed E-state index contributed by atoms with van der Waals surface area (Å²) in [6.45, 7) is 7.30. The van der Waals surface area contributed by atoms with Gasteiger partial charge in [0.1, 0.15) is 0 Å². The van der Waals surface area contributed by atoms with E-state index in [9.17, 15) is 18.3 Å². The van der Waals surface area contributed by atoms with Crippen molar-refractivity contribution in [1.29, 1.82) is 0 Å². The minimum atomic E-state index is -3.70. The van der Waals surface area contributed by atoms with Crippen LogP contribution in [0.5, 0.6) is 0 Å². The van der Waals surface area contributed by atoms with Gasteiger partial charge in [-0.25, -0.2) is 13.2 Å². The maximum absolute atomic E-state index is 13.6. The summed E-state index contributed by atoms with van der Waals surface area (Å²) < 4.78 is 28.7. The van der Waals surface area contributed by atoms with Gasteiger partial charge < -0.3 is 5.11 Å². The van der Waals surface area contributed by atoms with E-state index in [1.54, 1.807) is 10.4 Å². The van der Waals surface area contributed by atoms with Crippen molar-refractivity contribution in [2.45, 2.75) is 87.7 Å². The highest BCUT2D eigenvalue weighted by molar-refractivity contribution is 7.98. The Bertz CT molecular complexity index is 992. The molecular weight excluding hydrogens is 466 g/mol. The van der Waals surface area contributed by atoms with Crippen molar-refractivity contribution in [2.24, 2.45) is 0 Å². The predicted octanol–water partition coefficient (Wildman–Crippen LogP) is 7.14. The number of carboxylic acids is 1. The van der Waals surface area contributed by atoms with E-state index in [1.807, 2.05) is 31.2 Å². The van der Waals surface area contributed by atoms with Crippen LogP contribution >= 0.6 is 11.8 Å². The lowest BCUT2D eigenvalue weighted by Crippen LogP contribution is -2.33. The summed E-state index contributed by atoms with van der Waals surface area (Å²) in [6.07, 6.45) is 8.07. The third-order valence-electron chi connectivity index (χ3n) is 5.86. The molecule has 0 fully saturated rings. The van der Waals surface area contributed by atoms with Crippen LogP contribution in [0.3, 0.4) is 0 Å². The van der Waals surface area contributed by atoms with Gasteiger partial charge in [0.2, 0.25) is 10.0 Å². The molecule has 0 aliphatic carbocycles. The molecule has 0 aliphatic rings. The second-order valence-corrected chi connectivity index (χ2v) is 11.7. The van der Waals surface area contributed by atoms with Gasteiger partial charge in [0.25, 0.3) is 0 Å². The Morgan fingerprint density at radius 1 is 0.882 bits per heavy atom. The van der Waals surface area contributed by atoms with Crippen LogP contribution in [-0.4, -0.2) is 36.9 Å². The zero-order valence-electron chi connectivity index (χ0n) is 20.8. The van der Waals surface area contributed by atoms with E-state index in [4.69, 9.17) is 0 Å². The highest BCUT2D eigenvalue weighted by Gasteiger charge is 2.25. The summed E-state index contributed by atoms with van der Waals surface area (Å²) >= 11 is 1.36. The molecule has 1 N–H and O–H groups in total. The van der Waals surface area contributed by atoms with Gasteiger partial charge in [0.15, 0.2) is 0 Å². The Kier molecular flexibility index (Phi) is 12.2. The van der Waals surface area contributed by atoms with E-state index < -0.39 is 16.0 Å². The summed E-state index contributed by atoms with van der Waals surface area (Å²) in [7, 11) is -3.70. The molecule has 188 valence electrons. The maximum Gasteiger partial charge on any atom is 0.336 e. The SMILES string of the molecule is CCCCCCN(CCCCCC)S(=O)(=O)c1ccc(C(=O)O)c(SCc2ccc(C)cc2)c1. The molecule has 0 atom stereocenters. The molecule has 0 unspecified atom stereocenters. The predicted molar refractivity (Wildman–Crippen MR) is 141 cm³/mol. The summed E-state index contributed by atoms with van der Waals surface area (Å²) in [5.41, 5.74) is 2.35. The number of carbonyl (C=O) groups is 1. The Balaban J connectivity index is 2.27. The number of hydrogen-bond acceptors (Lipinski definition) is 4. The number of thioether (sulfide) groups is 1.